The van der Waals surface area contributed by atoms with Gasteiger partial charge in [0.1, 0.15) is 5.75 Å². The summed E-state index contributed by atoms with van der Waals surface area (Å²) in [6.07, 6.45) is 0. The SMILES string of the molecule is COc1ccc2c3c(nc(=O)n2C)-c2ccccc2Oc13. The second-order valence-corrected chi connectivity index (χ2v) is 4.89. The lowest BCUT2D eigenvalue weighted by atomic mass is 10.0. The molecule has 1 aromatic heterocycles. The van der Waals surface area contributed by atoms with Gasteiger partial charge in [-0.3, -0.25) is 4.57 Å². The maximum absolute atomic E-state index is 12.1. The van der Waals surface area contributed by atoms with Crippen molar-refractivity contribution in [2.24, 2.45) is 7.05 Å². The third-order valence-corrected chi connectivity index (χ3v) is 3.77. The van der Waals surface area contributed by atoms with Crippen LogP contribution < -0.4 is 15.2 Å². The minimum atomic E-state index is -0.287. The molecule has 0 aliphatic carbocycles. The lowest BCUT2D eigenvalue weighted by Gasteiger charge is -2.22. The zero-order chi connectivity index (χ0) is 14.6. The first-order valence-electron chi connectivity index (χ1n) is 6.55. The number of hydrogen-bond donors (Lipinski definition) is 0. The summed E-state index contributed by atoms with van der Waals surface area (Å²) in [6.45, 7) is 0. The van der Waals surface area contributed by atoms with Crippen molar-refractivity contribution in [2.45, 2.75) is 0 Å². The molecule has 4 rings (SSSR count). The maximum atomic E-state index is 12.1. The molecule has 0 saturated carbocycles. The number of nitrogens with zero attached hydrogens (tertiary/aromatic N) is 2. The van der Waals surface area contributed by atoms with Crippen molar-refractivity contribution < 1.29 is 9.47 Å². The van der Waals surface area contributed by atoms with Crippen LogP contribution in [0.5, 0.6) is 17.2 Å². The highest BCUT2D eigenvalue weighted by atomic mass is 16.5. The van der Waals surface area contributed by atoms with Crippen molar-refractivity contribution in [3.63, 3.8) is 0 Å². The van der Waals surface area contributed by atoms with Crippen molar-refractivity contribution >= 4 is 10.9 Å². The minimum absolute atomic E-state index is 0.287. The zero-order valence-corrected chi connectivity index (χ0v) is 11.6. The summed E-state index contributed by atoms with van der Waals surface area (Å²) >= 11 is 0. The van der Waals surface area contributed by atoms with E-state index in [1.165, 1.54) is 4.57 Å². The highest BCUT2D eigenvalue weighted by molar-refractivity contribution is 6.02. The third kappa shape index (κ3) is 1.51. The van der Waals surface area contributed by atoms with E-state index >= 15 is 0 Å². The van der Waals surface area contributed by atoms with Crippen LogP contribution in [0.25, 0.3) is 22.2 Å². The molecule has 1 aliphatic rings. The van der Waals surface area contributed by atoms with Gasteiger partial charge in [0, 0.05) is 12.6 Å². The Morgan fingerprint density at radius 2 is 2.00 bits per heavy atom. The van der Waals surface area contributed by atoms with E-state index in [2.05, 4.69) is 4.98 Å². The molecular formula is C16H12N2O3. The van der Waals surface area contributed by atoms with Gasteiger partial charge in [0.25, 0.3) is 0 Å². The topological polar surface area (TPSA) is 53.3 Å². The Morgan fingerprint density at radius 1 is 1.19 bits per heavy atom. The summed E-state index contributed by atoms with van der Waals surface area (Å²) in [4.78, 5) is 16.3. The molecule has 2 aromatic carbocycles. The average Bonchev–Trinajstić information content (AvgIpc) is 2.52. The van der Waals surface area contributed by atoms with Crippen molar-refractivity contribution in [3.05, 3.63) is 46.9 Å². The lowest BCUT2D eigenvalue weighted by molar-refractivity contribution is 0.380. The molecule has 0 unspecified atom stereocenters. The quantitative estimate of drug-likeness (QED) is 0.538. The van der Waals surface area contributed by atoms with E-state index in [0.717, 1.165) is 16.5 Å². The lowest BCUT2D eigenvalue weighted by Crippen LogP contribution is -2.22. The van der Waals surface area contributed by atoms with E-state index in [1.807, 2.05) is 30.3 Å². The molecule has 0 amide bonds. The van der Waals surface area contributed by atoms with Gasteiger partial charge in [-0.15, -0.1) is 0 Å². The number of aryl methyl sites for hydroxylation is 1. The van der Waals surface area contributed by atoms with Crippen LogP contribution in [0.15, 0.2) is 41.2 Å². The van der Waals surface area contributed by atoms with Gasteiger partial charge in [-0.25, -0.2) is 4.79 Å². The summed E-state index contributed by atoms with van der Waals surface area (Å²) < 4.78 is 12.9. The number of benzene rings is 2. The predicted molar refractivity (Wildman–Crippen MR) is 79.0 cm³/mol. The Morgan fingerprint density at radius 3 is 2.81 bits per heavy atom. The van der Waals surface area contributed by atoms with Gasteiger partial charge in [0.05, 0.1) is 23.7 Å². The van der Waals surface area contributed by atoms with Gasteiger partial charge in [-0.05, 0) is 24.3 Å². The van der Waals surface area contributed by atoms with Crippen molar-refractivity contribution in [3.8, 4) is 28.5 Å². The molecule has 5 heteroatoms. The van der Waals surface area contributed by atoms with E-state index in [4.69, 9.17) is 9.47 Å². The highest BCUT2D eigenvalue weighted by Gasteiger charge is 2.25. The smallest absolute Gasteiger partial charge is 0.348 e. The Labute approximate surface area is 120 Å². The number of para-hydroxylation sites is 1. The molecule has 2 heterocycles. The number of aromatic nitrogens is 2. The van der Waals surface area contributed by atoms with Crippen LogP contribution in [-0.2, 0) is 7.05 Å². The summed E-state index contributed by atoms with van der Waals surface area (Å²) in [6, 6.07) is 11.2. The number of ether oxygens (including phenoxy) is 2. The van der Waals surface area contributed by atoms with Crippen LogP contribution in [0.3, 0.4) is 0 Å². The molecule has 0 bridgehead atoms. The van der Waals surface area contributed by atoms with Gasteiger partial charge in [0.2, 0.25) is 0 Å². The molecule has 21 heavy (non-hydrogen) atoms. The second-order valence-electron chi connectivity index (χ2n) is 4.89. The maximum Gasteiger partial charge on any atom is 0.348 e. The predicted octanol–water partition coefficient (Wildman–Crippen LogP) is 2.71. The van der Waals surface area contributed by atoms with Crippen LogP contribution in [-0.4, -0.2) is 16.7 Å². The van der Waals surface area contributed by atoms with Gasteiger partial charge in [-0.2, -0.15) is 4.98 Å². The van der Waals surface area contributed by atoms with E-state index in [1.54, 1.807) is 20.2 Å². The van der Waals surface area contributed by atoms with Crippen molar-refractivity contribution in [1.29, 1.82) is 0 Å². The van der Waals surface area contributed by atoms with Crippen molar-refractivity contribution in [1.82, 2.24) is 9.55 Å². The number of methoxy groups -OCH3 is 1. The van der Waals surface area contributed by atoms with Gasteiger partial charge in [-0.1, -0.05) is 12.1 Å². The third-order valence-electron chi connectivity index (χ3n) is 3.77. The summed E-state index contributed by atoms with van der Waals surface area (Å²) in [5.74, 6) is 1.90. The Hall–Kier alpha value is -2.82. The van der Waals surface area contributed by atoms with E-state index < -0.39 is 0 Å². The molecule has 0 N–H and O–H groups in total. The second kappa shape index (κ2) is 4.09. The van der Waals surface area contributed by atoms with Crippen LogP contribution in [0.2, 0.25) is 0 Å². The number of hydrogen-bond acceptors (Lipinski definition) is 4. The van der Waals surface area contributed by atoms with Gasteiger partial charge in [0.15, 0.2) is 11.5 Å². The fourth-order valence-corrected chi connectivity index (χ4v) is 2.71. The van der Waals surface area contributed by atoms with Crippen LogP contribution in [0.1, 0.15) is 0 Å². The number of rotatable bonds is 1. The van der Waals surface area contributed by atoms with E-state index in [9.17, 15) is 4.79 Å². The molecule has 5 nitrogen and oxygen atoms in total. The molecular weight excluding hydrogens is 268 g/mol. The van der Waals surface area contributed by atoms with Gasteiger partial charge < -0.3 is 9.47 Å². The molecule has 3 aromatic rings. The molecule has 0 spiro atoms. The average molecular weight is 280 g/mol. The monoisotopic (exact) mass is 280 g/mol. The molecule has 0 radical (unpaired) electrons. The normalized spacial score (nSPS) is 11.9. The summed E-state index contributed by atoms with van der Waals surface area (Å²) in [5.41, 5.74) is 1.95. The molecule has 0 saturated heterocycles. The first kappa shape index (κ1) is 12.0. The minimum Gasteiger partial charge on any atom is -0.493 e. The molecule has 104 valence electrons. The van der Waals surface area contributed by atoms with E-state index in [-0.39, 0.29) is 5.69 Å². The zero-order valence-electron chi connectivity index (χ0n) is 11.6. The number of fused-ring (bicyclic) bond motifs is 2. The molecule has 0 fully saturated rings. The van der Waals surface area contributed by atoms with E-state index in [0.29, 0.717) is 22.9 Å². The summed E-state index contributed by atoms with van der Waals surface area (Å²) in [7, 11) is 3.29. The Kier molecular flexibility index (Phi) is 2.33. The Balaban J connectivity index is 2.25. The van der Waals surface area contributed by atoms with Crippen LogP contribution in [0, 0.1) is 0 Å². The fourth-order valence-electron chi connectivity index (χ4n) is 2.71. The largest absolute Gasteiger partial charge is 0.493 e. The fraction of sp³-hybridized carbons (Fsp3) is 0.125. The van der Waals surface area contributed by atoms with Gasteiger partial charge >= 0.3 is 5.69 Å². The first-order valence-corrected chi connectivity index (χ1v) is 6.55. The highest BCUT2D eigenvalue weighted by Crippen LogP contribution is 2.48. The van der Waals surface area contributed by atoms with Crippen LogP contribution >= 0.6 is 0 Å². The molecule has 1 aliphatic heterocycles. The Bertz CT molecular complexity index is 944. The molecule has 0 atom stereocenters. The van der Waals surface area contributed by atoms with Crippen molar-refractivity contribution in [2.75, 3.05) is 7.11 Å². The first-order chi connectivity index (χ1) is 10.2. The van der Waals surface area contributed by atoms with Crippen LogP contribution in [0.4, 0.5) is 0 Å². The standard InChI is InChI=1S/C16H12N2O3/c1-18-10-7-8-12(20-2)15-13(10)14(17-16(18)19)9-5-3-4-6-11(9)21-15/h3-8H,1-2H3. The summed E-state index contributed by atoms with van der Waals surface area (Å²) in [5, 5.41) is 0.801.